The topological polar surface area (TPSA) is 58.3 Å². The van der Waals surface area contributed by atoms with Crippen molar-refractivity contribution in [1.29, 1.82) is 0 Å². The Balaban J connectivity index is 1.82. The van der Waals surface area contributed by atoms with Crippen molar-refractivity contribution in [1.82, 2.24) is 14.9 Å². The molecular formula is C16H20FN5. The van der Waals surface area contributed by atoms with E-state index in [0.717, 1.165) is 49.8 Å². The molecule has 0 atom stereocenters. The average molecular weight is 301 g/mol. The maximum Gasteiger partial charge on any atom is 0.155 e. The van der Waals surface area contributed by atoms with Crippen LogP contribution in [0.2, 0.25) is 0 Å². The minimum Gasteiger partial charge on any atom is -0.352 e. The number of hydrogen-bond donors (Lipinski definition) is 1. The van der Waals surface area contributed by atoms with Crippen LogP contribution >= 0.6 is 0 Å². The first-order valence-corrected chi connectivity index (χ1v) is 7.52. The SMILES string of the molecule is NCCN1CCN(c2nccnc2-c2ccc(F)cc2)CC1. The van der Waals surface area contributed by atoms with E-state index in [1.165, 1.54) is 12.1 Å². The normalized spacial score (nSPS) is 16.0. The molecule has 0 bridgehead atoms. The van der Waals surface area contributed by atoms with Crippen LogP contribution in [0.4, 0.5) is 10.2 Å². The van der Waals surface area contributed by atoms with Crippen LogP contribution in [0.25, 0.3) is 11.3 Å². The molecule has 1 aromatic heterocycles. The Morgan fingerprint density at radius 2 is 1.68 bits per heavy atom. The molecule has 3 rings (SSSR count). The molecule has 1 aliphatic rings. The first-order valence-electron chi connectivity index (χ1n) is 7.52. The Morgan fingerprint density at radius 3 is 2.36 bits per heavy atom. The van der Waals surface area contributed by atoms with E-state index in [0.29, 0.717) is 6.54 Å². The molecular weight excluding hydrogens is 281 g/mol. The second-order valence-electron chi connectivity index (χ2n) is 5.35. The lowest BCUT2D eigenvalue weighted by atomic mass is 10.1. The molecule has 116 valence electrons. The second-order valence-corrected chi connectivity index (χ2v) is 5.35. The van der Waals surface area contributed by atoms with Crippen LogP contribution in [0, 0.1) is 5.82 Å². The highest BCUT2D eigenvalue weighted by atomic mass is 19.1. The fourth-order valence-electron chi connectivity index (χ4n) is 2.74. The van der Waals surface area contributed by atoms with Gasteiger partial charge in [0.15, 0.2) is 5.82 Å². The number of nitrogens with two attached hydrogens (primary N) is 1. The Labute approximate surface area is 129 Å². The van der Waals surface area contributed by atoms with Gasteiger partial charge < -0.3 is 10.6 Å². The fourth-order valence-corrected chi connectivity index (χ4v) is 2.74. The van der Waals surface area contributed by atoms with Gasteiger partial charge in [0.05, 0.1) is 0 Å². The summed E-state index contributed by atoms with van der Waals surface area (Å²) >= 11 is 0. The summed E-state index contributed by atoms with van der Waals surface area (Å²) < 4.78 is 13.1. The van der Waals surface area contributed by atoms with Gasteiger partial charge in [-0.25, -0.2) is 9.37 Å². The van der Waals surface area contributed by atoms with Crippen molar-refractivity contribution in [2.24, 2.45) is 5.73 Å². The third kappa shape index (κ3) is 3.23. The summed E-state index contributed by atoms with van der Waals surface area (Å²) in [6, 6.07) is 6.39. The summed E-state index contributed by atoms with van der Waals surface area (Å²) in [6.45, 7) is 5.35. The number of benzene rings is 1. The van der Waals surface area contributed by atoms with Gasteiger partial charge in [-0.15, -0.1) is 0 Å². The zero-order valence-electron chi connectivity index (χ0n) is 12.5. The van der Waals surface area contributed by atoms with Crippen molar-refractivity contribution in [3.05, 3.63) is 42.5 Å². The number of rotatable bonds is 4. The summed E-state index contributed by atoms with van der Waals surface area (Å²) in [7, 11) is 0. The molecule has 2 N–H and O–H groups in total. The van der Waals surface area contributed by atoms with Gasteiger partial charge in [-0.3, -0.25) is 9.88 Å². The van der Waals surface area contributed by atoms with Gasteiger partial charge in [-0.1, -0.05) is 0 Å². The third-order valence-electron chi connectivity index (χ3n) is 3.91. The molecule has 2 heterocycles. The summed E-state index contributed by atoms with van der Waals surface area (Å²) in [5.74, 6) is 0.617. The lowest BCUT2D eigenvalue weighted by Crippen LogP contribution is -2.48. The number of anilines is 1. The molecule has 1 aliphatic heterocycles. The zero-order valence-corrected chi connectivity index (χ0v) is 12.5. The number of piperazine rings is 1. The summed E-state index contributed by atoms with van der Waals surface area (Å²) in [4.78, 5) is 13.5. The average Bonchev–Trinajstić information content (AvgIpc) is 2.57. The number of hydrogen-bond acceptors (Lipinski definition) is 5. The summed E-state index contributed by atoms with van der Waals surface area (Å²) in [6.07, 6.45) is 3.38. The molecule has 22 heavy (non-hydrogen) atoms. The highest BCUT2D eigenvalue weighted by molar-refractivity contribution is 5.71. The summed E-state index contributed by atoms with van der Waals surface area (Å²) in [5.41, 5.74) is 7.29. The maximum atomic E-state index is 13.1. The quantitative estimate of drug-likeness (QED) is 0.924. The van der Waals surface area contributed by atoms with Crippen LogP contribution in [0.3, 0.4) is 0 Å². The van der Waals surface area contributed by atoms with Crippen molar-refractivity contribution >= 4 is 5.82 Å². The minimum absolute atomic E-state index is 0.246. The molecule has 0 amide bonds. The van der Waals surface area contributed by atoms with E-state index in [1.54, 1.807) is 24.5 Å². The predicted octanol–water partition coefficient (Wildman–Crippen LogP) is 1.36. The molecule has 1 aromatic carbocycles. The molecule has 2 aromatic rings. The van der Waals surface area contributed by atoms with Gasteiger partial charge in [-0.2, -0.15) is 0 Å². The highest BCUT2D eigenvalue weighted by Gasteiger charge is 2.20. The van der Waals surface area contributed by atoms with Crippen molar-refractivity contribution in [2.45, 2.75) is 0 Å². The monoisotopic (exact) mass is 301 g/mol. The standard InChI is InChI=1S/C16H20FN5/c17-14-3-1-13(2-4-14)15-16(20-7-6-19-15)22-11-9-21(8-5-18)10-12-22/h1-4,6-7H,5,8-12,18H2. The van der Waals surface area contributed by atoms with Crippen LogP contribution in [0.15, 0.2) is 36.7 Å². The summed E-state index contributed by atoms with van der Waals surface area (Å²) in [5, 5.41) is 0. The van der Waals surface area contributed by atoms with E-state index in [-0.39, 0.29) is 5.82 Å². The molecule has 5 nitrogen and oxygen atoms in total. The number of aromatic nitrogens is 2. The van der Waals surface area contributed by atoms with Crippen LogP contribution in [-0.4, -0.2) is 54.1 Å². The molecule has 0 unspecified atom stereocenters. The fraction of sp³-hybridized carbons (Fsp3) is 0.375. The van der Waals surface area contributed by atoms with Gasteiger partial charge in [0.1, 0.15) is 11.5 Å². The van der Waals surface area contributed by atoms with E-state index in [1.807, 2.05) is 0 Å². The molecule has 0 spiro atoms. The third-order valence-corrected chi connectivity index (χ3v) is 3.91. The molecule has 0 saturated carbocycles. The van der Waals surface area contributed by atoms with Crippen LogP contribution in [0.5, 0.6) is 0 Å². The van der Waals surface area contributed by atoms with Gasteiger partial charge in [0, 0.05) is 57.2 Å². The van der Waals surface area contributed by atoms with Crippen molar-refractivity contribution in [2.75, 3.05) is 44.2 Å². The van der Waals surface area contributed by atoms with Gasteiger partial charge in [0.2, 0.25) is 0 Å². The van der Waals surface area contributed by atoms with E-state index in [4.69, 9.17) is 5.73 Å². The van der Waals surface area contributed by atoms with Crippen LogP contribution in [0.1, 0.15) is 0 Å². The largest absolute Gasteiger partial charge is 0.352 e. The van der Waals surface area contributed by atoms with E-state index < -0.39 is 0 Å². The number of nitrogens with zero attached hydrogens (tertiary/aromatic N) is 4. The van der Waals surface area contributed by atoms with Gasteiger partial charge in [0.25, 0.3) is 0 Å². The minimum atomic E-state index is -0.246. The molecule has 0 radical (unpaired) electrons. The lowest BCUT2D eigenvalue weighted by molar-refractivity contribution is 0.264. The van der Waals surface area contributed by atoms with E-state index in [9.17, 15) is 4.39 Å². The maximum absolute atomic E-state index is 13.1. The smallest absolute Gasteiger partial charge is 0.155 e. The van der Waals surface area contributed by atoms with Crippen molar-refractivity contribution < 1.29 is 4.39 Å². The number of halogens is 1. The van der Waals surface area contributed by atoms with Crippen LogP contribution in [-0.2, 0) is 0 Å². The molecule has 1 saturated heterocycles. The van der Waals surface area contributed by atoms with Crippen molar-refractivity contribution in [3.8, 4) is 11.3 Å². The Bertz CT molecular complexity index is 608. The first kappa shape index (κ1) is 14.9. The Hall–Kier alpha value is -2.05. The van der Waals surface area contributed by atoms with Crippen LogP contribution < -0.4 is 10.6 Å². The zero-order chi connectivity index (χ0) is 15.4. The van der Waals surface area contributed by atoms with Gasteiger partial charge in [-0.05, 0) is 24.3 Å². The van der Waals surface area contributed by atoms with Crippen molar-refractivity contribution in [3.63, 3.8) is 0 Å². The predicted molar refractivity (Wildman–Crippen MR) is 85.1 cm³/mol. The lowest BCUT2D eigenvalue weighted by Gasteiger charge is -2.35. The highest BCUT2D eigenvalue weighted by Crippen LogP contribution is 2.27. The second kappa shape index (κ2) is 6.81. The Morgan fingerprint density at radius 1 is 1.00 bits per heavy atom. The molecule has 1 fully saturated rings. The first-order chi connectivity index (χ1) is 10.8. The van der Waals surface area contributed by atoms with Gasteiger partial charge >= 0.3 is 0 Å². The van der Waals surface area contributed by atoms with E-state index in [2.05, 4.69) is 19.8 Å². The Kier molecular flexibility index (Phi) is 4.60. The molecule has 6 heteroatoms. The molecule has 0 aliphatic carbocycles. The van der Waals surface area contributed by atoms with E-state index >= 15 is 0 Å².